The van der Waals surface area contributed by atoms with Crippen molar-refractivity contribution in [2.75, 3.05) is 13.2 Å². The van der Waals surface area contributed by atoms with Gasteiger partial charge in [0.1, 0.15) is 11.5 Å². The van der Waals surface area contributed by atoms with Gasteiger partial charge in [0.25, 0.3) is 11.8 Å². The summed E-state index contributed by atoms with van der Waals surface area (Å²) in [6.07, 6.45) is 1.46. The minimum Gasteiger partial charge on any atom is -0.484 e. The second-order valence-electron chi connectivity index (χ2n) is 4.84. The van der Waals surface area contributed by atoms with Crippen LogP contribution in [-0.4, -0.2) is 31.2 Å². The number of ether oxygens (including phenoxy) is 2. The first kappa shape index (κ1) is 18.3. The zero-order valence-electron chi connectivity index (χ0n) is 13.1. The first-order valence-electron chi connectivity index (χ1n) is 7.25. The van der Waals surface area contributed by atoms with Crippen LogP contribution in [0.15, 0.2) is 53.6 Å². The standard InChI is InChI=1S/C17H16ClN3O4/c18-14-3-1-2-4-15(14)25-11-17(23)21-20-9-12-5-7-13(8-6-12)24-10-16(19)22/h1-9H,10-11H2,(H2,19,22)(H,21,23)/b20-9-. The molecule has 0 aliphatic heterocycles. The van der Waals surface area contributed by atoms with E-state index in [2.05, 4.69) is 10.5 Å². The molecule has 25 heavy (non-hydrogen) atoms. The summed E-state index contributed by atoms with van der Waals surface area (Å²) in [7, 11) is 0. The molecule has 0 saturated carbocycles. The molecule has 2 rings (SSSR count). The van der Waals surface area contributed by atoms with Gasteiger partial charge in [0.05, 0.1) is 11.2 Å². The number of rotatable bonds is 8. The fourth-order valence-electron chi connectivity index (χ4n) is 1.72. The molecule has 0 saturated heterocycles. The summed E-state index contributed by atoms with van der Waals surface area (Å²) in [5.41, 5.74) is 8.07. The van der Waals surface area contributed by atoms with Crippen LogP contribution in [0.3, 0.4) is 0 Å². The molecule has 0 heterocycles. The Balaban J connectivity index is 1.77. The molecular formula is C17H16ClN3O4. The fraction of sp³-hybridized carbons (Fsp3) is 0.118. The monoisotopic (exact) mass is 361 g/mol. The third-order valence-electron chi connectivity index (χ3n) is 2.86. The smallest absolute Gasteiger partial charge is 0.277 e. The highest BCUT2D eigenvalue weighted by Crippen LogP contribution is 2.22. The number of carbonyl (C=O) groups is 2. The van der Waals surface area contributed by atoms with Crippen molar-refractivity contribution in [3.8, 4) is 11.5 Å². The maximum atomic E-state index is 11.7. The van der Waals surface area contributed by atoms with Crippen LogP contribution < -0.4 is 20.6 Å². The summed E-state index contributed by atoms with van der Waals surface area (Å²) in [6.45, 7) is -0.393. The van der Waals surface area contributed by atoms with E-state index in [9.17, 15) is 9.59 Å². The van der Waals surface area contributed by atoms with Crippen LogP contribution in [0.2, 0.25) is 5.02 Å². The lowest BCUT2D eigenvalue weighted by Crippen LogP contribution is -2.24. The molecule has 0 fully saturated rings. The summed E-state index contributed by atoms with van der Waals surface area (Å²) < 4.78 is 10.4. The Morgan fingerprint density at radius 3 is 2.48 bits per heavy atom. The third-order valence-corrected chi connectivity index (χ3v) is 3.17. The normalized spacial score (nSPS) is 10.4. The number of primary amides is 1. The van der Waals surface area contributed by atoms with Gasteiger partial charge in [-0.25, -0.2) is 5.43 Å². The molecule has 0 atom stereocenters. The molecule has 8 heteroatoms. The maximum absolute atomic E-state index is 11.7. The average Bonchev–Trinajstić information content (AvgIpc) is 2.60. The van der Waals surface area contributed by atoms with Crippen LogP contribution in [0.25, 0.3) is 0 Å². The Morgan fingerprint density at radius 1 is 1.08 bits per heavy atom. The lowest BCUT2D eigenvalue weighted by atomic mass is 10.2. The summed E-state index contributed by atoms with van der Waals surface area (Å²) in [4.78, 5) is 22.3. The van der Waals surface area contributed by atoms with Gasteiger partial charge in [-0.05, 0) is 42.0 Å². The number of hydrogen-bond donors (Lipinski definition) is 2. The maximum Gasteiger partial charge on any atom is 0.277 e. The molecule has 2 amide bonds. The minimum absolute atomic E-state index is 0.186. The number of nitrogens with one attached hydrogen (secondary N) is 1. The van der Waals surface area contributed by atoms with Crippen molar-refractivity contribution in [2.24, 2.45) is 10.8 Å². The lowest BCUT2D eigenvalue weighted by molar-refractivity contribution is -0.123. The number of benzene rings is 2. The zero-order chi connectivity index (χ0) is 18.1. The second kappa shape index (κ2) is 9.29. The SMILES string of the molecule is NC(=O)COc1ccc(/C=N\NC(=O)COc2ccccc2Cl)cc1. The van der Waals surface area contributed by atoms with E-state index >= 15 is 0 Å². The highest BCUT2D eigenvalue weighted by atomic mass is 35.5. The van der Waals surface area contributed by atoms with Gasteiger partial charge < -0.3 is 15.2 Å². The Labute approximate surface area is 149 Å². The van der Waals surface area contributed by atoms with Gasteiger partial charge in [0.15, 0.2) is 13.2 Å². The quantitative estimate of drug-likeness (QED) is 0.552. The molecule has 7 nitrogen and oxygen atoms in total. The average molecular weight is 362 g/mol. The van der Waals surface area contributed by atoms with Gasteiger partial charge >= 0.3 is 0 Å². The molecule has 130 valence electrons. The van der Waals surface area contributed by atoms with Crippen molar-refractivity contribution in [1.82, 2.24) is 5.43 Å². The van der Waals surface area contributed by atoms with Crippen molar-refractivity contribution >= 4 is 29.6 Å². The van der Waals surface area contributed by atoms with E-state index in [1.165, 1.54) is 6.21 Å². The van der Waals surface area contributed by atoms with Crippen LogP contribution in [0.5, 0.6) is 11.5 Å². The molecule has 2 aromatic rings. The molecule has 0 radical (unpaired) electrons. The predicted molar refractivity (Wildman–Crippen MR) is 93.8 cm³/mol. The first-order valence-corrected chi connectivity index (χ1v) is 7.63. The topological polar surface area (TPSA) is 103 Å². The molecule has 2 aromatic carbocycles. The summed E-state index contributed by atoms with van der Waals surface area (Å²) in [5, 5.41) is 4.26. The van der Waals surface area contributed by atoms with E-state index in [1.807, 2.05) is 0 Å². The van der Waals surface area contributed by atoms with E-state index in [-0.39, 0.29) is 13.2 Å². The zero-order valence-corrected chi connectivity index (χ0v) is 13.9. The molecule has 0 aliphatic carbocycles. The Hall–Kier alpha value is -3.06. The van der Waals surface area contributed by atoms with E-state index < -0.39 is 11.8 Å². The van der Waals surface area contributed by atoms with Crippen molar-refractivity contribution < 1.29 is 19.1 Å². The number of hydrazone groups is 1. The lowest BCUT2D eigenvalue weighted by Gasteiger charge is -2.06. The summed E-state index contributed by atoms with van der Waals surface area (Å²) in [6, 6.07) is 13.6. The van der Waals surface area contributed by atoms with Gasteiger partial charge in [0, 0.05) is 0 Å². The van der Waals surface area contributed by atoms with Gasteiger partial charge in [-0.2, -0.15) is 5.10 Å². The van der Waals surface area contributed by atoms with Crippen LogP contribution in [0.4, 0.5) is 0 Å². The Morgan fingerprint density at radius 2 is 1.80 bits per heavy atom. The minimum atomic E-state index is -0.549. The van der Waals surface area contributed by atoms with Crippen molar-refractivity contribution in [2.45, 2.75) is 0 Å². The second-order valence-corrected chi connectivity index (χ2v) is 5.24. The fourth-order valence-corrected chi connectivity index (χ4v) is 1.91. The van der Waals surface area contributed by atoms with E-state index in [4.69, 9.17) is 26.8 Å². The molecular weight excluding hydrogens is 346 g/mol. The van der Waals surface area contributed by atoms with Crippen LogP contribution in [0.1, 0.15) is 5.56 Å². The van der Waals surface area contributed by atoms with Crippen LogP contribution in [-0.2, 0) is 9.59 Å². The highest BCUT2D eigenvalue weighted by Gasteiger charge is 2.04. The van der Waals surface area contributed by atoms with Crippen molar-refractivity contribution in [1.29, 1.82) is 0 Å². The predicted octanol–water partition coefficient (Wildman–Crippen LogP) is 1.73. The number of amides is 2. The van der Waals surface area contributed by atoms with E-state index in [0.29, 0.717) is 16.5 Å². The Kier molecular flexibility index (Phi) is 6.79. The number of halogens is 1. The molecule has 0 bridgehead atoms. The molecule has 0 spiro atoms. The highest BCUT2D eigenvalue weighted by molar-refractivity contribution is 6.32. The molecule has 0 unspecified atom stereocenters. The Bertz CT molecular complexity index is 763. The van der Waals surface area contributed by atoms with Crippen molar-refractivity contribution in [3.05, 3.63) is 59.1 Å². The van der Waals surface area contributed by atoms with Gasteiger partial charge in [-0.1, -0.05) is 23.7 Å². The summed E-state index contributed by atoms with van der Waals surface area (Å²) >= 11 is 5.92. The van der Waals surface area contributed by atoms with Gasteiger partial charge in [-0.3, -0.25) is 9.59 Å². The van der Waals surface area contributed by atoms with E-state index in [1.54, 1.807) is 48.5 Å². The third kappa shape index (κ3) is 6.52. The first-order chi connectivity index (χ1) is 12.0. The van der Waals surface area contributed by atoms with Gasteiger partial charge in [-0.15, -0.1) is 0 Å². The number of nitrogens with two attached hydrogens (primary N) is 1. The largest absolute Gasteiger partial charge is 0.484 e. The molecule has 0 aromatic heterocycles. The molecule has 3 N–H and O–H groups in total. The van der Waals surface area contributed by atoms with Crippen molar-refractivity contribution in [3.63, 3.8) is 0 Å². The number of hydrogen-bond acceptors (Lipinski definition) is 5. The summed E-state index contributed by atoms with van der Waals surface area (Å²) in [5.74, 6) is -0.0343. The van der Waals surface area contributed by atoms with E-state index in [0.717, 1.165) is 5.56 Å². The number of para-hydroxylation sites is 1. The molecule has 0 aliphatic rings. The van der Waals surface area contributed by atoms with Crippen LogP contribution in [0, 0.1) is 0 Å². The van der Waals surface area contributed by atoms with Gasteiger partial charge in [0.2, 0.25) is 0 Å². The number of carbonyl (C=O) groups excluding carboxylic acids is 2. The number of nitrogens with zero attached hydrogens (tertiary/aromatic N) is 1. The van der Waals surface area contributed by atoms with Crippen LogP contribution >= 0.6 is 11.6 Å².